The second kappa shape index (κ2) is 6.15. The van der Waals surface area contributed by atoms with Gasteiger partial charge in [0.1, 0.15) is 5.69 Å². The van der Waals surface area contributed by atoms with Gasteiger partial charge in [-0.1, -0.05) is 29.8 Å². The summed E-state index contributed by atoms with van der Waals surface area (Å²) >= 11 is 3.24. The lowest BCUT2D eigenvalue weighted by molar-refractivity contribution is -0.384. The summed E-state index contributed by atoms with van der Waals surface area (Å²) in [7, 11) is 0. The highest BCUT2D eigenvalue weighted by molar-refractivity contribution is 9.10. The minimum Gasteiger partial charge on any atom is -0.373 e. The van der Waals surface area contributed by atoms with Crippen LogP contribution in [0.5, 0.6) is 0 Å². The fraction of sp³-hybridized carbons (Fsp3) is 0.500. The maximum Gasteiger partial charge on any atom is 0.293 e. The Morgan fingerprint density at radius 2 is 2.06 bits per heavy atom. The molecule has 1 aromatic rings. The Bertz CT molecular complexity index is 425. The maximum atomic E-state index is 11.0. The van der Waals surface area contributed by atoms with Gasteiger partial charge in [-0.05, 0) is 25.0 Å². The quantitative estimate of drug-likeness (QED) is 0.623. The minimum atomic E-state index is -0.389. The van der Waals surface area contributed by atoms with E-state index >= 15 is 0 Å². The summed E-state index contributed by atoms with van der Waals surface area (Å²) in [5, 5.41) is 14.3. The highest BCUT2D eigenvalue weighted by atomic mass is 79.9. The van der Waals surface area contributed by atoms with Gasteiger partial charge in [0.15, 0.2) is 0 Å². The molecule has 0 atom stereocenters. The number of nitro benzene ring substituents is 1. The average Bonchev–Trinajstić information content (AvgIpc) is 2.37. The average molecular weight is 316 g/mol. The number of nitrogens with zero attached hydrogens (tertiary/aromatic N) is 1. The van der Waals surface area contributed by atoms with Crippen LogP contribution in [0.4, 0.5) is 11.4 Å². The number of nitrogens with two attached hydrogens (primary N) is 1. The van der Waals surface area contributed by atoms with Crippen molar-refractivity contribution in [2.45, 2.75) is 32.2 Å². The molecule has 100 valence electrons. The third kappa shape index (κ3) is 3.20. The van der Waals surface area contributed by atoms with Crippen LogP contribution in [-0.2, 0) is 0 Å². The van der Waals surface area contributed by atoms with Crippen LogP contribution >= 0.6 is 15.9 Å². The van der Waals surface area contributed by atoms with Gasteiger partial charge in [0.2, 0.25) is 0 Å². The molecule has 3 N–H and O–H groups in total. The number of hydrogen-bond acceptors (Lipinski definition) is 4. The topological polar surface area (TPSA) is 81.2 Å². The summed E-state index contributed by atoms with van der Waals surface area (Å²) in [6.07, 6.45) is 1.63. The first-order valence-corrected chi connectivity index (χ1v) is 6.69. The molecule has 0 aromatic heterocycles. The van der Waals surface area contributed by atoms with Crippen LogP contribution in [0.25, 0.3) is 0 Å². The van der Waals surface area contributed by atoms with E-state index in [1.807, 2.05) is 13.8 Å². The molecule has 18 heavy (non-hydrogen) atoms. The normalized spacial score (nSPS) is 11.3. The molecule has 0 aliphatic rings. The van der Waals surface area contributed by atoms with Crippen LogP contribution in [0.15, 0.2) is 22.7 Å². The SMILES string of the molecule is CCC(CC)(CN)Nc1ccc(Br)cc1[N+](=O)[O-]. The largest absolute Gasteiger partial charge is 0.373 e. The highest BCUT2D eigenvalue weighted by Gasteiger charge is 2.27. The molecule has 0 unspecified atom stereocenters. The van der Waals surface area contributed by atoms with Crippen LogP contribution < -0.4 is 11.1 Å². The summed E-state index contributed by atoms with van der Waals surface area (Å²) in [5.41, 5.74) is 6.07. The van der Waals surface area contributed by atoms with E-state index in [0.717, 1.165) is 12.8 Å². The smallest absolute Gasteiger partial charge is 0.293 e. The molecule has 1 rings (SSSR count). The summed E-state index contributed by atoms with van der Waals surface area (Å²) in [6, 6.07) is 4.98. The van der Waals surface area contributed by atoms with Gasteiger partial charge in [0, 0.05) is 22.6 Å². The van der Waals surface area contributed by atoms with Crippen LogP contribution in [0.2, 0.25) is 0 Å². The van der Waals surface area contributed by atoms with E-state index in [1.54, 1.807) is 12.1 Å². The molecule has 0 bridgehead atoms. The Morgan fingerprint density at radius 1 is 1.44 bits per heavy atom. The lowest BCUT2D eigenvalue weighted by Crippen LogP contribution is -2.44. The van der Waals surface area contributed by atoms with Crippen molar-refractivity contribution in [3.05, 3.63) is 32.8 Å². The highest BCUT2D eigenvalue weighted by Crippen LogP contribution is 2.31. The van der Waals surface area contributed by atoms with E-state index in [-0.39, 0.29) is 16.1 Å². The van der Waals surface area contributed by atoms with Crippen molar-refractivity contribution in [2.75, 3.05) is 11.9 Å². The Morgan fingerprint density at radius 3 is 2.50 bits per heavy atom. The summed E-state index contributed by atoms with van der Waals surface area (Å²) in [4.78, 5) is 10.6. The molecule has 5 nitrogen and oxygen atoms in total. The lowest BCUT2D eigenvalue weighted by atomic mass is 9.92. The van der Waals surface area contributed by atoms with Gasteiger partial charge in [0.05, 0.1) is 4.92 Å². The molecule has 0 spiro atoms. The van der Waals surface area contributed by atoms with Gasteiger partial charge >= 0.3 is 0 Å². The zero-order chi connectivity index (χ0) is 13.8. The van der Waals surface area contributed by atoms with Crippen molar-refractivity contribution < 1.29 is 4.92 Å². The number of rotatable bonds is 6. The molecule has 0 saturated carbocycles. The molecular weight excluding hydrogens is 298 g/mol. The predicted octanol–water partition coefficient (Wildman–Crippen LogP) is 3.29. The molecule has 0 radical (unpaired) electrons. The lowest BCUT2D eigenvalue weighted by Gasteiger charge is -2.32. The first kappa shape index (κ1) is 14.9. The standard InChI is InChI=1S/C12H18BrN3O2/c1-3-12(4-2,8-14)15-10-6-5-9(13)7-11(10)16(17)18/h5-7,15H,3-4,8,14H2,1-2H3. The first-order valence-electron chi connectivity index (χ1n) is 5.90. The Balaban J connectivity index is 3.13. The molecular formula is C12H18BrN3O2. The number of nitro groups is 1. The van der Waals surface area contributed by atoms with Crippen LogP contribution in [0, 0.1) is 10.1 Å². The third-order valence-electron chi connectivity index (χ3n) is 3.30. The van der Waals surface area contributed by atoms with Gasteiger partial charge in [-0.15, -0.1) is 0 Å². The van der Waals surface area contributed by atoms with Crippen molar-refractivity contribution in [2.24, 2.45) is 5.73 Å². The van der Waals surface area contributed by atoms with E-state index in [4.69, 9.17) is 5.73 Å². The Kier molecular flexibility index (Phi) is 5.10. The number of hydrogen-bond donors (Lipinski definition) is 2. The van der Waals surface area contributed by atoms with E-state index < -0.39 is 0 Å². The summed E-state index contributed by atoms with van der Waals surface area (Å²) in [5.74, 6) is 0. The molecule has 1 aromatic carbocycles. The zero-order valence-electron chi connectivity index (χ0n) is 10.6. The predicted molar refractivity (Wildman–Crippen MR) is 76.8 cm³/mol. The molecule has 0 amide bonds. The second-order valence-corrected chi connectivity index (χ2v) is 5.15. The van der Waals surface area contributed by atoms with Crippen LogP contribution in [0.1, 0.15) is 26.7 Å². The fourth-order valence-corrected chi connectivity index (χ4v) is 2.16. The van der Waals surface area contributed by atoms with Crippen LogP contribution in [0.3, 0.4) is 0 Å². The van der Waals surface area contributed by atoms with Crippen LogP contribution in [-0.4, -0.2) is 17.0 Å². The number of nitrogens with one attached hydrogen (secondary N) is 1. The maximum absolute atomic E-state index is 11.0. The monoisotopic (exact) mass is 315 g/mol. The molecule has 0 heterocycles. The third-order valence-corrected chi connectivity index (χ3v) is 3.79. The van der Waals surface area contributed by atoms with Gasteiger partial charge in [-0.2, -0.15) is 0 Å². The van der Waals surface area contributed by atoms with E-state index in [0.29, 0.717) is 16.7 Å². The van der Waals surface area contributed by atoms with Crippen molar-refractivity contribution in [1.29, 1.82) is 0 Å². The number of anilines is 1. The van der Waals surface area contributed by atoms with E-state index in [9.17, 15) is 10.1 Å². The molecule has 0 saturated heterocycles. The van der Waals surface area contributed by atoms with Gasteiger partial charge in [0.25, 0.3) is 5.69 Å². The van der Waals surface area contributed by atoms with Crippen molar-refractivity contribution in [3.8, 4) is 0 Å². The second-order valence-electron chi connectivity index (χ2n) is 4.24. The Hall–Kier alpha value is -1.14. The number of halogens is 1. The number of benzene rings is 1. The van der Waals surface area contributed by atoms with Crippen molar-refractivity contribution >= 4 is 27.3 Å². The molecule has 0 fully saturated rings. The Labute approximate surface area is 115 Å². The van der Waals surface area contributed by atoms with E-state index in [1.165, 1.54) is 6.07 Å². The van der Waals surface area contributed by atoms with Crippen molar-refractivity contribution in [3.63, 3.8) is 0 Å². The summed E-state index contributed by atoms with van der Waals surface area (Å²) in [6.45, 7) is 4.48. The van der Waals surface area contributed by atoms with E-state index in [2.05, 4.69) is 21.2 Å². The van der Waals surface area contributed by atoms with Gasteiger partial charge in [-0.25, -0.2) is 0 Å². The first-order chi connectivity index (χ1) is 8.48. The fourth-order valence-electron chi connectivity index (χ4n) is 1.81. The molecule has 0 aliphatic heterocycles. The minimum absolute atomic E-state index is 0.0594. The van der Waals surface area contributed by atoms with Gasteiger partial charge < -0.3 is 11.1 Å². The van der Waals surface area contributed by atoms with Crippen molar-refractivity contribution in [1.82, 2.24) is 0 Å². The molecule has 0 aliphatic carbocycles. The summed E-state index contributed by atoms with van der Waals surface area (Å²) < 4.78 is 0.686. The molecule has 6 heteroatoms. The zero-order valence-corrected chi connectivity index (χ0v) is 12.2. The van der Waals surface area contributed by atoms with Gasteiger partial charge in [-0.3, -0.25) is 10.1 Å².